The largest absolute Gasteiger partial charge is 0.466 e. The van der Waals surface area contributed by atoms with Gasteiger partial charge >= 0.3 is 11.9 Å². The topological polar surface area (TPSA) is 52.6 Å². The fourth-order valence-electron chi connectivity index (χ4n) is 1.80. The van der Waals surface area contributed by atoms with E-state index in [0.717, 1.165) is 50.3 Å². The minimum Gasteiger partial charge on any atom is -0.466 e. The van der Waals surface area contributed by atoms with E-state index in [-0.39, 0.29) is 24.8 Å². The molecule has 0 aliphatic carbocycles. The van der Waals surface area contributed by atoms with Gasteiger partial charge in [-0.25, -0.2) is 0 Å². The van der Waals surface area contributed by atoms with Crippen molar-refractivity contribution >= 4 is 27.9 Å². The number of esters is 2. The number of hydrogen-bond acceptors (Lipinski definition) is 4. The van der Waals surface area contributed by atoms with Gasteiger partial charge in [-0.15, -0.1) is 0 Å². The van der Waals surface area contributed by atoms with Crippen molar-refractivity contribution in [3.05, 3.63) is 0 Å². The lowest BCUT2D eigenvalue weighted by molar-refractivity contribution is -0.150. The number of hydrogen-bond donors (Lipinski definition) is 0. The molecule has 5 heteroatoms. The third-order valence-electron chi connectivity index (χ3n) is 3.09. The minimum atomic E-state index is -0.307. The first-order valence-corrected chi connectivity index (χ1v) is 9.20. The molecule has 0 aromatic rings. The van der Waals surface area contributed by atoms with Gasteiger partial charge in [0.1, 0.15) is 0 Å². The number of ether oxygens (including phenoxy) is 2. The number of rotatable bonds is 14. The summed E-state index contributed by atoms with van der Waals surface area (Å²) in [7, 11) is 0. The number of alkyl halides is 1. The summed E-state index contributed by atoms with van der Waals surface area (Å²) in [5.74, 6) is -0.612. The van der Waals surface area contributed by atoms with Gasteiger partial charge < -0.3 is 9.47 Å². The molecule has 0 fully saturated rings. The molecule has 0 atom stereocenters. The van der Waals surface area contributed by atoms with Crippen molar-refractivity contribution in [2.24, 2.45) is 0 Å². The van der Waals surface area contributed by atoms with Gasteiger partial charge in [-0.2, -0.15) is 0 Å². The monoisotopic (exact) mass is 364 g/mol. The van der Waals surface area contributed by atoms with E-state index in [1.807, 2.05) is 0 Å². The second-order valence-corrected chi connectivity index (χ2v) is 5.90. The summed E-state index contributed by atoms with van der Waals surface area (Å²) in [6.07, 6.45) is 8.81. The molecule has 4 nitrogen and oxygen atoms in total. The third kappa shape index (κ3) is 15.6. The quantitative estimate of drug-likeness (QED) is 0.260. The Labute approximate surface area is 137 Å². The molecule has 0 spiro atoms. The average Bonchev–Trinajstić information content (AvgIpc) is 2.48. The number of carbonyl (C=O) groups excluding carboxylic acids is 2. The summed E-state index contributed by atoms with van der Waals surface area (Å²) < 4.78 is 10.1. The van der Waals surface area contributed by atoms with Crippen LogP contribution in [0.15, 0.2) is 0 Å². The van der Waals surface area contributed by atoms with Crippen LogP contribution in [-0.2, 0) is 19.1 Å². The van der Waals surface area contributed by atoms with Crippen molar-refractivity contribution in [3.63, 3.8) is 0 Å². The van der Waals surface area contributed by atoms with Crippen LogP contribution in [0, 0.1) is 0 Å². The minimum absolute atomic E-state index is 0.120. The van der Waals surface area contributed by atoms with E-state index in [1.165, 1.54) is 6.42 Å². The highest BCUT2D eigenvalue weighted by Crippen LogP contribution is 2.04. The van der Waals surface area contributed by atoms with Gasteiger partial charge in [-0.3, -0.25) is 9.59 Å². The maximum atomic E-state index is 11.4. The smallest absolute Gasteiger partial charge is 0.306 e. The Morgan fingerprint density at radius 1 is 0.762 bits per heavy atom. The molecule has 0 heterocycles. The van der Waals surface area contributed by atoms with E-state index in [4.69, 9.17) is 9.47 Å². The molecule has 0 aliphatic heterocycles. The molecule has 0 aromatic carbocycles. The van der Waals surface area contributed by atoms with Crippen molar-refractivity contribution in [1.82, 2.24) is 0 Å². The highest BCUT2D eigenvalue weighted by atomic mass is 79.9. The molecule has 0 rings (SSSR count). The average molecular weight is 365 g/mol. The summed E-state index contributed by atoms with van der Waals surface area (Å²) in [6.45, 7) is 3.05. The zero-order chi connectivity index (χ0) is 15.8. The molecule has 0 aromatic heterocycles. The van der Waals surface area contributed by atoms with Gasteiger partial charge in [0, 0.05) is 5.33 Å². The van der Waals surface area contributed by atoms with E-state index in [0.29, 0.717) is 13.2 Å². The van der Waals surface area contributed by atoms with Gasteiger partial charge in [-0.05, 0) is 19.3 Å². The molecule has 0 saturated carbocycles. The molecule has 0 unspecified atom stereocenters. The van der Waals surface area contributed by atoms with Gasteiger partial charge in [0.05, 0.1) is 26.1 Å². The van der Waals surface area contributed by atoms with Crippen LogP contribution >= 0.6 is 15.9 Å². The predicted molar refractivity (Wildman–Crippen MR) is 87.6 cm³/mol. The van der Waals surface area contributed by atoms with Crippen LogP contribution in [0.3, 0.4) is 0 Å². The van der Waals surface area contributed by atoms with E-state index in [1.54, 1.807) is 0 Å². The lowest BCUT2D eigenvalue weighted by Gasteiger charge is -2.06. The van der Waals surface area contributed by atoms with Crippen molar-refractivity contribution in [3.8, 4) is 0 Å². The second-order valence-electron chi connectivity index (χ2n) is 5.10. The normalized spacial score (nSPS) is 10.4. The molecule has 0 radical (unpaired) electrons. The molecular formula is C16H29BrO4. The first-order valence-electron chi connectivity index (χ1n) is 8.08. The van der Waals surface area contributed by atoms with Crippen molar-refractivity contribution < 1.29 is 19.1 Å². The standard InChI is InChI=1S/C16H29BrO4/c1-2-3-4-8-13-20-15(18)10-11-16(19)21-14-9-6-5-7-12-17/h2-14H2,1H3. The van der Waals surface area contributed by atoms with Crippen molar-refractivity contribution in [1.29, 1.82) is 0 Å². The summed E-state index contributed by atoms with van der Waals surface area (Å²) in [5, 5.41) is 1.02. The first-order chi connectivity index (χ1) is 10.2. The van der Waals surface area contributed by atoms with Crippen LogP contribution in [0.2, 0.25) is 0 Å². The fraction of sp³-hybridized carbons (Fsp3) is 0.875. The Hall–Kier alpha value is -0.580. The summed E-state index contributed by atoms with van der Waals surface area (Å²) in [5.41, 5.74) is 0. The highest BCUT2D eigenvalue weighted by Gasteiger charge is 2.08. The van der Waals surface area contributed by atoms with Gasteiger partial charge in [-0.1, -0.05) is 55.0 Å². The summed E-state index contributed by atoms with van der Waals surface area (Å²) in [4.78, 5) is 22.8. The van der Waals surface area contributed by atoms with Crippen LogP contribution in [-0.4, -0.2) is 30.5 Å². The molecule has 21 heavy (non-hydrogen) atoms. The molecule has 0 saturated heterocycles. The molecular weight excluding hydrogens is 336 g/mol. The molecule has 0 N–H and O–H groups in total. The molecule has 0 amide bonds. The van der Waals surface area contributed by atoms with Crippen LogP contribution in [0.4, 0.5) is 0 Å². The van der Waals surface area contributed by atoms with E-state index < -0.39 is 0 Å². The van der Waals surface area contributed by atoms with Crippen LogP contribution in [0.25, 0.3) is 0 Å². The first kappa shape index (κ1) is 20.4. The van der Waals surface area contributed by atoms with Crippen molar-refractivity contribution in [2.45, 2.75) is 71.1 Å². The Morgan fingerprint density at radius 2 is 1.24 bits per heavy atom. The summed E-state index contributed by atoms with van der Waals surface area (Å²) in [6, 6.07) is 0. The Bertz CT molecular complexity index is 269. The van der Waals surface area contributed by atoms with Gasteiger partial charge in [0.15, 0.2) is 0 Å². The van der Waals surface area contributed by atoms with Crippen LogP contribution in [0.5, 0.6) is 0 Å². The maximum Gasteiger partial charge on any atom is 0.306 e. The lowest BCUT2D eigenvalue weighted by atomic mass is 10.2. The Kier molecular flexibility index (Phi) is 15.4. The van der Waals surface area contributed by atoms with E-state index >= 15 is 0 Å². The van der Waals surface area contributed by atoms with Crippen LogP contribution < -0.4 is 0 Å². The Balaban J connectivity index is 3.36. The zero-order valence-corrected chi connectivity index (χ0v) is 14.8. The highest BCUT2D eigenvalue weighted by molar-refractivity contribution is 9.09. The predicted octanol–water partition coefficient (Wildman–Crippen LogP) is 4.39. The van der Waals surface area contributed by atoms with Gasteiger partial charge in [0.25, 0.3) is 0 Å². The van der Waals surface area contributed by atoms with Crippen molar-refractivity contribution in [2.75, 3.05) is 18.5 Å². The number of halogens is 1. The van der Waals surface area contributed by atoms with E-state index in [2.05, 4.69) is 22.9 Å². The third-order valence-corrected chi connectivity index (χ3v) is 3.65. The lowest BCUT2D eigenvalue weighted by Crippen LogP contribution is -2.11. The van der Waals surface area contributed by atoms with Gasteiger partial charge in [0.2, 0.25) is 0 Å². The van der Waals surface area contributed by atoms with E-state index in [9.17, 15) is 9.59 Å². The second kappa shape index (κ2) is 15.8. The molecule has 0 aliphatic rings. The van der Waals surface area contributed by atoms with Crippen LogP contribution in [0.1, 0.15) is 71.1 Å². The fourth-order valence-corrected chi connectivity index (χ4v) is 2.20. The maximum absolute atomic E-state index is 11.4. The summed E-state index contributed by atoms with van der Waals surface area (Å²) >= 11 is 3.38. The SMILES string of the molecule is CCCCCCOC(=O)CCC(=O)OCCCCCCBr. The zero-order valence-electron chi connectivity index (χ0n) is 13.2. The number of carbonyl (C=O) groups is 2. The molecule has 124 valence electrons. The molecule has 0 bridgehead atoms. The Morgan fingerprint density at radius 3 is 1.71 bits per heavy atom. The number of unbranched alkanes of at least 4 members (excludes halogenated alkanes) is 6.